The molecule has 1 saturated heterocycles. The van der Waals surface area contributed by atoms with Gasteiger partial charge in [-0.15, -0.1) is 0 Å². The molecular formula is C23H19FN2O4. The van der Waals surface area contributed by atoms with Crippen LogP contribution in [0.2, 0.25) is 0 Å². The standard InChI is InChI=1S/C23H19FN2O4/c1-29-20-11-10-18(13-21(20)30-15-16-6-3-2-4-7-16)25-14-22(27)26(23(25)28)19-9-5-8-17(24)12-19/h2-13H,14-15H2,1H3. The minimum Gasteiger partial charge on any atom is -0.493 e. The van der Waals surface area contributed by atoms with Gasteiger partial charge in [-0.25, -0.2) is 14.1 Å². The summed E-state index contributed by atoms with van der Waals surface area (Å²) in [5, 5.41) is 0. The van der Waals surface area contributed by atoms with Crippen molar-refractivity contribution in [3.8, 4) is 11.5 Å². The highest BCUT2D eigenvalue weighted by atomic mass is 19.1. The average molecular weight is 406 g/mol. The third-order valence-corrected chi connectivity index (χ3v) is 4.73. The van der Waals surface area contributed by atoms with Gasteiger partial charge in [0.2, 0.25) is 0 Å². The van der Waals surface area contributed by atoms with Crippen molar-refractivity contribution in [3.05, 3.63) is 84.2 Å². The number of urea groups is 1. The lowest BCUT2D eigenvalue weighted by atomic mass is 10.2. The number of ether oxygens (including phenoxy) is 2. The second-order valence-corrected chi connectivity index (χ2v) is 6.69. The second kappa shape index (κ2) is 8.24. The van der Waals surface area contributed by atoms with Crippen LogP contribution in [0.1, 0.15) is 5.56 Å². The first-order valence-electron chi connectivity index (χ1n) is 9.31. The fraction of sp³-hybridized carbons (Fsp3) is 0.130. The van der Waals surface area contributed by atoms with Crippen LogP contribution < -0.4 is 19.3 Å². The van der Waals surface area contributed by atoms with Gasteiger partial charge >= 0.3 is 6.03 Å². The lowest BCUT2D eigenvalue weighted by molar-refractivity contribution is -0.115. The number of imide groups is 1. The summed E-state index contributed by atoms with van der Waals surface area (Å²) in [5.74, 6) is -0.00119. The molecule has 3 aromatic rings. The molecule has 0 radical (unpaired) electrons. The zero-order chi connectivity index (χ0) is 21.1. The highest BCUT2D eigenvalue weighted by Gasteiger charge is 2.38. The van der Waals surface area contributed by atoms with E-state index in [1.807, 2.05) is 30.3 Å². The Hall–Kier alpha value is -3.87. The molecule has 30 heavy (non-hydrogen) atoms. The number of amides is 3. The number of nitrogens with zero attached hydrogens (tertiary/aromatic N) is 2. The van der Waals surface area contributed by atoms with E-state index in [2.05, 4.69) is 0 Å². The van der Waals surface area contributed by atoms with Gasteiger partial charge in [0, 0.05) is 11.8 Å². The maximum Gasteiger partial charge on any atom is 0.336 e. The topological polar surface area (TPSA) is 59.1 Å². The molecule has 152 valence electrons. The normalized spacial score (nSPS) is 13.7. The second-order valence-electron chi connectivity index (χ2n) is 6.69. The zero-order valence-corrected chi connectivity index (χ0v) is 16.2. The number of hydrogen-bond donors (Lipinski definition) is 0. The van der Waals surface area contributed by atoms with Gasteiger partial charge in [0.1, 0.15) is 19.0 Å². The number of methoxy groups -OCH3 is 1. The van der Waals surface area contributed by atoms with Gasteiger partial charge in [-0.3, -0.25) is 9.69 Å². The van der Waals surface area contributed by atoms with Crippen molar-refractivity contribution in [2.45, 2.75) is 6.61 Å². The van der Waals surface area contributed by atoms with Gasteiger partial charge in [-0.2, -0.15) is 0 Å². The van der Waals surface area contributed by atoms with Gasteiger partial charge in [0.25, 0.3) is 5.91 Å². The fourth-order valence-electron chi connectivity index (χ4n) is 3.25. The van der Waals surface area contributed by atoms with Crippen molar-refractivity contribution in [2.75, 3.05) is 23.5 Å². The van der Waals surface area contributed by atoms with E-state index in [0.717, 1.165) is 16.5 Å². The molecule has 3 aromatic carbocycles. The minimum atomic E-state index is -0.551. The summed E-state index contributed by atoms with van der Waals surface area (Å²) in [4.78, 5) is 27.7. The molecule has 1 heterocycles. The summed E-state index contributed by atoms with van der Waals surface area (Å²) in [5.41, 5.74) is 1.66. The molecule has 7 heteroatoms. The molecule has 1 aliphatic rings. The maximum absolute atomic E-state index is 13.6. The molecule has 0 N–H and O–H groups in total. The Kier molecular flexibility index (Phi) is 5.34. The Labute approximate surface area is 173 Å². The van der Waals surface area contributed by atoms with Crippen LogP contribution in [0.4, 0.5) is 20.6 Å². The molecule has 0 aliphatic carbocycles. The number of anilines is 2. The predicted molar refractivity (Wildman–Crippen MR) is 110 cm³/mol. The van der Waals surface area contributed by atoms with Crippen LogP contribution >= 0.6 is 0 Å². The van der Waals surface area contributed by atoms with E-state index < -0.39 is 17.8 Å². The van der Waals surface area contributed by atoms with E-state index in [0.29, 0.717) is 23.8 Å². The number of halogens is 1. The molecule has 0 unspecified atom stereocenters. The molecule has 0 aromatic heterocycles. The summed E-state index contributed by atoms with van der Waals surface area (Å²) < 4.78 is 24.8. The van der Waals surface area contributed by atoms with Crippen molar-refractivity contribution in [2.24, 2.45) is 0 Å². The van der Waals surface area contributed by atoms with Gasteiger partial charge in [-0.1, -0.05) is 36.4 Å². The lowest BCUT2D eigenvalue weighted by Crippen LogP contribution is -2.33. The van der Waals surface area contributed by atoms with Crippen LogP contribution in [-0.4, -0.2) is 25.6 Å². The van der Waals surface area contributed by atoms with Gasteiger partial charge in [-0.05, 0) is 35.9 Å². The van der Waals surface area contributed by atoms with Crippen LogP contribution in [0.5, 0.6) is 11.5 Å². The molecule has 0 saturated carbocycles. The van der Waals surface area contributed by atoms with Crippen molar-refractivity contribution in [1.29, 1.82) is 0 Å². The van der Waals surface area contributed by atoms with Crippen LogP contribution in [0.15, 0.2) is 72.8 Å². The molecule has 3 amide bonds. The molecule has 0 spiro atoms. The first-order chi connectivity index (χ1) is 14.6. The summed E-state index contributed by atoms with van der Waals surface area (Å²) >= 11 is 0. The van der Waals surface area contributed by atoms with E-state index >= 15 is 0 Å². The van der Waals surface area contributed by atoms with Gasteiger partial charge in [0.05, 0.1) is 12.8 Å². The van der Waals surface area contributed by atoms with E-state index in [9.17, 15) is 14.0 Å². The van der Waals surface area contributed by atoms with Gasteiger partial charge < -0.3 is 9.47 Å². The summed E-state index contributed by atoms with van der Waals surface area (Å²) in [6, 6.07) is 19.5. The Balaban J connectivity index is 1.59. The van der Waals surface area contributed by atoms with E-state index in [4.69, 9.17) is 9.47 Å². The number of hydrogen-bond acceptors (Lipinski definition) is 4. The van der Waals surface area contributed by atoms with Crippen LogP contribution in [0.3, 0.4) is 0 Å². The van der Waals surface area contributed by atoms with E-state index in [1.54, 1.807) is 18.2 Å². The molecule has 6 nitrogen and oxygen atoms in total. The highest BCUT2D eigenvalue weighted by Crippen LogP contribution is 2.34. The number of carbonyl (C=O) groups is 2. The van der Waals surface area contributed by atoms with E-state index in [-0.39, 0.29) is 12.2 Å². The van der Waals surface area contributed by atoms with E-state index in [1.165, 1.54) is 30.2 Å². The molecule has 4 rings (SSSR count). The predicted octanol–water partition coefficient (Wildman–Crippen LogP) is 4.39. The monoisotopic (exact) mass is 406 g/mol. The smallest absolute Gasteiger partial charge is 0.336 e. The van der Waals surface area contributed by atoms with Crippen molar-refractivity contribution >= 4 is 23.3 Å². The Bertz CT molecular complexity index is 1090. The number of rotatable bonds is 6. The first kappa shape index (κ1) is 19.4. The minimum absolute atomic E-state index is 0.153. The maximum atomic E-state index is 13.6. The molecule has 0 bridgehead atoms. The summed E-state index contributed by atoms with van der Waals surface area (Å²) in [6.45, 7) is 0.169. The van der Waals surface area contributed by atoms with Crippen molar-refractivity contribution in [1.82, 2.24) is 0 Å². The third-order valence-electron chi connectivity index (χ3n) is 4.73. The third kappa shape index (κ3) is 3.82. The number of carbonyl (C=O) groups excluding carboxylic acids is 2. The average Bonchev–Trinajstić information content (AvgIpc) is 3.06. The Morgan fingerprint density at radius 2 is 1.70 bits per heavy atom. The van der Waals surface area contributed by atoms with Crippen molar-refractivity contribution < 1.29 is 23.5 Å². The first-order valence-corrected chi connectivity index (χ1v) is 9.31. The zero-order valence-electron chi connectivity index (χ0n) is 16.2. The summed E-state index contributed by atoms with van der Waals surface area (Å²) in [7, 11) is 1.53. The van der Waals surface area contributed by atoms with Crippen LogP contribution in [-0.2, 0) is 11.4 Å². The van der Waals surface area contributed by atoms with Crippen LogP contribution in [0, 0.1) is 5.82 Å². The van der Waals surface area contributed by atoms with Crippen molar-refractivity contribution in [3.63, 3.8) is 0 Å². The Morgan fingerprint density at radius 1 is 0.900 bits per heavy atom. The quantitative estimate of drug-likeness (QED) is 0.570. The summed E-state index contributed by atoms with van der Waals surface area (Å²) in [6.07, 6.45) is 0. The molecular weight excluding hydrogens is 387 g/mol. The molecule has 0 atom stereocenters. The SMILES string of the molecule is COc1ccc(N2CC(=O)N(c3cccc(F)c3)C2=O)cc1OCc1ccccc1. The van der Waals surface area contributed by atoms with Crippen LogP contribution in [0.25, 0.3) is 0 Å². The Morgan fingerprint density at radius 3 is 2.43 bits per heavy atom. The highest BCUT2D eigenvalue weighted by molar-refractivity contribution is 6.26. The molecule has 1 aliphatic heterocycles. The fourth-order valence-corrected chi connectivity index (χ4v) is 3.25. The number of benzene rings is 3. The molecule has 1 fully saturated rings. The van der Waals surface area contributed by atoms with Gasteiger partial charge in [0.15, 0.2) is 11.5 Å². The lowest BCUT2D eigenvalue weighted by Gasteiger charge is -2.19. The largest absolute Gasteiger partial charge is 0.493 e.